The molecular weight excluding hydrogens is 542 g/mol. The molecule has 0 aromatic heterocycles. The Hall–Kier alpha value is -3.18. The smallest absolute Gasteiger partial charge is 0.446 e. The molecule has 0 unspecified atom stereocenters. The molecule has 1 saturated heterocycles. The summed E-state index contributed by atoms with van der Waals surface area (Å²) in [6.45, 7) is 0.634. The van der Waals surface area contributed by atoms with Gasteiger partial charge < -0.3 is 48.9 Å². The molecule has 6 atom stereocenters. The van der Waals surface area contributed by atoms with Gasteiger partial charge in [-0.3, -0.25) is 4.55 Å². The molecule has 39 heavy (non-hydrogen) atoms. The Morgan fingerprint density at radius 3 is 2.33 bits per heavy atom. The molecule has 2 aliphatic heterocycles. The number of carbonyl (C=O) groups is 1. The Morgan fingerprint density at radius 2 is 1.69 bits per heavy atom. The lowest BCUT2D eigenvalue weighted by molar-refractivity contribution is -0.271. The number of aliphatic hydroxyl groups excluding tert-OH is 3. The first-order chi connectivity index (χ1) is 18.4. The lowest BCUT2D eigenvalue weighted by Gasteiger charge is -2.40. The summed E-state index contributed by atoms with van der Waals surface area (Å²) in [7, 11) is -2.17. The van der Waals surface area contributed by atoms with E-state index in [1.807, 2.05) is 0 Å². The van der Waals surface area contributed by atoms with E-state index in [2.05, 4.69) is 5.32 Å². The minimum absolute atomic E-state index is 0.0189. The second-order valence-corrected chi connectivity index (χ2v) is 10.4. The summed E-state index contributed by atoms with van der Waals surface area (Å²) in [6, 6.07) is 4.42. The predicted molar refractivity (Wildman–Crippen MR) is 130 cm³/mol. The number of ether oxygens (including phenoxy) is 4. The van der Waals surface area contributed by atoms with Gasteiger partial charge in [-0.2, -0.15) is 8.42 Å². The average Bonchev–Trinajstić information content (AvgIpc) is 2.88. The molecule has 1 aliphatic carbocycles. The lowest BCUT2D eigenvalue weighted by atomic mass is 9.77. The first-order valence-electron chi connectivity index (χ1n) is 11.9. The molecule has 0 saturated carbocycles. The van der Waals surface area contributed by atoms with Gasteiger partial charge in [0.05, 0.1) is 14.2 Å². The Labute approximate surface area is 222 Å². The van der Waals surface area contributed by atoms with Crippen molar-refractivity contribution in [1.29, 1.82) is 0 Å². The Balaban J connectivity index is 1.69. The molecule has 0 radical (unpaired) electrons. The van der Waals surface area contributed by atoms with Crippen molar-refractivity contribution in [2.75, 3.05) is 20.8 Å². The van der Waals surface area contributed by atoms with Gasteiger partial charge in [0.1, 0.15) is 18.3 Å². The number of carboxylic acid groups (broad SMARTS) is 1. The monoisotopic (exact) mass is 569 g/mol. The first kappa shape index (κ1) is 27.4. The summed E-state index contributed by atoms with van der Waals surface area (Å²) in [4.78, 5) is 11.6. The molecule has 1 fully saturated rings. The van der Waals surface area contributed by atoms with Crippen LogP contribution in [-0.4, -0.2) is 90.8 Å². The number of fused-ring (bicyclic) bond motifs is 2. The van der Waals surface area contributed by atoms with E-state index in [1.54, 1.807) is 6.07 Å². The fraction of sp³-hybridized carbons (Fsp3) is 0.458. The van der Waals surface area contributed by atoms with Gasteiger partial charge in [-0.05, 0) is 59.8 Å². The predicted octanol–water partition coefficient (Wildman–Crippen LogP) is -0.434. The van der Waals surface area contributed by atoms with Crippen molar-refractivity contribution in [1.82, 2.24) is 5.32 Å². The molecule has 212 valence electrons. The molecule has 2 heterocycles. The maximum absolute atomic E-state index is 11.6. The van der Waals surface area contributed by atoms with E-state index < -0.39 is 47.1 Å². The number of benzene rings is 2. The largest absolute Gasteiger partial charge is 0.493 e. The summed E-state index contributed by atoms with van der Waals surface area (Å²) >= 11 is 0. The van der Waals surface area contributed by atoms with Crippen LogP contribution in [0, 0.1) is 0 Å². The van der Waals surface area contributed by atoms with Crippen LogP contribution in [-0.2, 0) is 32.8 Å². The Morgan fingerprint density at radius 1 is 1.00 bits per heavy atom. The average molecular weight is 570 g/mol. The van der Waals surface area contributed by atoms with Crippen molar-refractivity contribution < 1.29 is 61.3 Å². The summed E-state index contributed by atoms with van der Waals surface area (Å²) in [6.07, 6.45) is -8.15. The van der Waals surface area contributed by atoms with Crippen LogP contribution in [0.5, 0.6) is 23.0 Å². The van der Waals surface area contributed by atoms with Crippen molar-refractivity contribution in [2.24, 2.45) is 0 Å². The number of hydrogen-bond acceptors (Lipinski definition) is 12. The van der Waals surface area contributed by atoms with Crippen molar-refractivity contribution in [3.05, 3.63) is 34.9 Å². The number of hydrogen-bond donors (Lipinski definition) is 6. The second kappa shape index (κ2) is 10.1. The maximum Gasteiger partial charge on any atom is 0.446 e. The molecule has 3 aliphatic rings. The van der Waals surface area contributed by atoms with Gasteiger partial charge in [0, 0.05) is 11.6 Å². The standard InChI is InChI=1S/C24H27NO13S/c1-34-13-8-11-10(7-14(13)38-39(31,32)33)5-12-16-9(3-4-25-12)6-15(35-2)21(17(11)16)36-24-20(28)18(26)19(27)22(37-24)23(29)30/h6-8,12,18-20,22,24-28H,3-5H2,1-2H3,(H,29,30)(H,31,32,33)/t12-,18+,19-,20+,22+,24+/m0/s1. The fourth-order valence-corrected chi connectivity index (χ4v) is 5.69. The molecule has 15 heteroatoms. The summed E-state index contributed by atoms with van der Waals surface area (Å²) < 4.78 is 59.1. The van der Waals surface area contributed by atoms with Crippen LogP contribution in [0.2, 0.25) is 0 Å². The first-order valence-corrected chi connectivity index (χ1v) is 13.2. The molecule has 2 aromatic rings. The quantitative estimate of drug-likeness (QED) is 0.234. The van der Waals surface area contributed by atoms with E-state index in [-0.39, 0.29) is 29.0 Å². The van der Waals surface area contributed by atoms with Crippen LogP contribution in [0.25, 0.3) is 11.1 Å². The summed E-state index contributed by atoms with van der Waals surface area (Å²) in [5.41, 5.74) is 3.36. The van der Waals surface area contributed by atoms with Crippen LogP contribution >= 0.6 is 0 Å². The summed E-state index contributed by atoms with van der Waals surface area (Å²) in [5, 5.41) is 43.8. The van der Waals surface area contributed by atoms with Gasteiger partial charge in [0.15, 0.2) is 29.1 Å². The summed E-state index contributed by atoms with van der Waals surface area (Å²) in [5.74, 6) is -1.55. The molecule has 5 rings (SSSR count). The van der Waals surface area contributed by atoms with Crippen LogP contribution in [0.15, 0.2) is 18.2 Å². The van der Waals surface area contributed by atoms with E-state index in [1.165, 1.54) is 26.4 Å². The van der Waals surface area contributed by atoms with Gasteiger partial charge in [-0.1, -0.05) is 0 Å². The normalized spacial score (nSPS) is 27.6. The maximum atomic E-state index is 11.6. The zero-order valence-corrected chi connectivity index (χ0v) is 21.5. The van der Waals surface area contributed by atoms with E-state index in [9.17, 15) is 38.2 Å². The molecular formula is C24H27NO13S. The Kier molecular flexibility index (Phi) is 7.09. The van der Waals surface area contributed by atoms with Crippen molar-refractivity contribution in [2.45, 2.75) is 49.6 Å². The van der Waals surface area contributed by atoms with Crippen LogP contribution in [0.4, 0.5) is 0 Å². The van der Waals surface area contributed by atoms with Gasteiger partial charge >= 0.3 is 16.4 Å². The highest BCUT2D eigenvalue weighted by Gasteiger charge is 2.49. The molecule has 0 amide bonds. The van der Waals surface area contributed by atoms with Crippen molar-refractivity contribution in [3.63, 3.8) is 0 Å². The molecule has 2 aromatic carbocycles. The highest BCUT2D eigenvalue weighted by molar-refractivity contribution is 7.81. The zero-order chi connectivity index (χ0) is 28.2. The Bertz CT molecular complexity index is 1410. The number of nitrogens with one attached hydrogen (secondary N) is 1. The van der Waals surface area contributed by atoms with Gasteiger partial charge in [0.25, 0.3) is 0 Å². The van der Waals surface area contributed by atoms with E-state index in [0.717, 1.165) is 11.1 Å². The molecule has 0 bridgehead atoms. The topological polar surface area (TPSA) is 211 Å². The third-order valence-corrected chi connectivity index (χ3v) is 7.44. The van der Waals surface area contributed by atoms with Gasteiger partial charge in [-0.15, -0.1) is 0 Å². The second-order valence-electron chi connectivity index (χ2n) is 9.34. The van der Waals surface area contributed by atoms with Crippen LogP contribution < -0.4 is 23.7 Å². The minimum Gasteiger partial charge on any atom is -0.493 e. The SMILES string of the molecule is COc1cc2c(cc1OS(=O)(=O)O)C[C@@H]1NCCc3cc(OC)c(O[C@@H]4O[C@@H](C(=O)O)[C@@H](O)[C@@H](O)[C@H]4O)c-2c31. The number of rotatable bonds is 7. The fourth-order valence-electron chi connectivity index (χ4n) is 5.33. The highest BCUT2D eigenvalue weighted by atomic mass is 32.3. The van der Waals surface area contributed by atoms with Gasteiger partial charge in [0.2, 0.25) is 6.29 Å². The number of carboxylic acids is 1. The molecule has 14 nitrogen and oxygen atoms in total. The number of aliphatic hydroxyl groups is 3. The van der Waals surface area contributed by atoms with Crippen molar-refractivity contribution >= 4 is 16.4 Å². The van der Waals surface area contributed by atoms with Crippen molar-refractivity contribution in [3.8, 4) is 34.1 Å². The van der Waals surface area contributed by atoms with Crippen LogP contribution in [0.3, 0.4) is 0 Å². The third kappa shape index (κ3) is 4.86. The van der Waals surface area contributed by atoms with E-state index >= 15 is 0 Å². The van der Waals surface area contributed by atoms with Crippen LogP contribution in [0.1, 0.15) is 22.7 Å². The van der Waals surface area contributed by atoms with E-state index in [0.29, 0.717) is 36.1 Å². The highest BCUT2D eigenvalue weighted by Crippen LogP contribution is 2.53. The zero-order valence-electron chi connectivity index (χ0n) is 20.7. The van der Waals surface area contributed by atoms with Gasteiger partial charge in [-0.25, -0.2) is 4.79 Å². The van der Waals surface area contributed by atoms with E-state index in [4.69, 9.17) is 23.1 Å². The molecule has 6 N–H and O–H groups in total. The number of aliphatic carboxylic acids is 1. The molecule has 0 spiro atoms. The lowest BCUT2D eigenvalue weighted by Crippen LogP contribution is -2.61. The number of methoxy groups -OCH3 is 2. The minimum atomic E-state index is -4.85. The third-order valence-electron chi connectivity index (χ3n) is 7.05.